The molecule has 6 aromatic rings. The molecule has 72 heavy (non-hydrogen) atoms. The Morgan fingerprint density at radius 2 is 1.00 bits per heavy atom. The third-order valence-corrected chi connectivity index (χ3v) is 10.5. The van der Waals surface area contributed by atoms with Crippen molar-refractivity contribution >= 4 is 39.8 Å². The van der Waals surface area contributed by atoms with Crippen LogP contribution in [0.1, 0.15) is 95.7 Å². The summed E-state index contributed by atoms with van der Waals surface area (Å²) in [5, 5.41) is 14.3. The second-order valence-corrected chi connectivity index (χ2v) is 17.8. The van der Waals surface area contributed by atoms with Gasteiger partial charge in [-0.25, -0.2) is 18.7 Å². The molecule has 0 radical (unpaired) electrons. The van der Waals surface area contributed by atoms with E-state index in [0.717, 1.165) is 36.6 Å². The van der Waals surface area contributed by atoms with Crippen LogP contribution in [0.4, 0.5) is 52.7 Å². The molecule has 0 unspecified atom stereocenters. The first-order valence-corrected chi connectivity index (χ1v) is 21.5. The van der Waals surface area contributed by atoms with Crippen molar-refractivity contribution in [1.29, 1.82) is 0 Å². The van der Waals surface area contributed by atoms with Gasteiger partial charge in [-0.2, -0.15) is 43.9 Å². The topological polar surface area (TPSA) is 142 Å². The van der Waals surface area contributed by atoms with E-state index < -0.39 is 102 Å². The summed E-state index contributed by atoms with van der Waals surface area (Å²) in [5.74, 6) is -4.99. The van der Waals surface area contributed by atoms with E-state index in [4.69, 9.17) is 9.31 Å². The molecule has 1 fully saturated rings. The maximum absolute atomic E-state index is 14.3. The summed E-state index contributed by atoms with van der Waals surface area (Å²) in [7, 11) is -0.851. The minimum atomic E-state index is -4.69. The zero-order valence-corrected chi connectivity index (χ0v) is 40.2. The van der Waals surface area contributed by atoms with Crippen LogP contribution in [0.5, 0.6) is 11.8 Å². The maximum Gasteiger partial charge on any atom is 0.496 e. The van der Waals surface area contributed by atoms with Crippen LogP contribution in [0.2, 0.25) is 0 Å². The Kier molecular flexibility index (Phi) is 19.4. The maximum atomic E-state index is 14.3. The Bertz CT molecular complexity index is 2740. The molecule has 7 rings (SSSR count). The monoisotopic (exact) mass is 1110 g/mol. The summed E-state index contributed by atoms with van der Waals surface area (Å²) in [6, 6.07) is 8.00. The molecule has 0 amide bonds. The fourth-order valence-electron chi connectivity index (χ4n) is 5.79. The molecule has 7 heterocycles. The lowest BCUT2D eigenvalue weighted by Gasteiger charge is -2.32. The average molecular weight is 1110 g/mol. The van der Waals surface area contributed by atoms with E-state index in [-0.39, 0.29) is 37.1 Å². The van der Waals surface area contributed by atoms with E-state index in [1.54, 1.807) is 12.1 Å². The number of hydrogen-bond acceptors (Lipinski definition) is 12. The zero-order valence-electron chi connectivity index (χ0n) is 38.6. The van der Waals surface area contributed by atoms with Gasteiger partial charge in [0.05, 0.1) is 23.4 Å². The van der Waals surface area contributed by atoms with E-state index in [9.17, 15) is 52.7 Å². The van der Waals surface area contributed by atoms with E-state index in [1.165, 1.54) is 62.8 Å². The van der Waals surface area contributed by atoms with Crippen LogP contribution in [0, 0.1) is 11.6 Å². The van der Waals surface area contributed by atoms with Crippen molar-refractivity contribution in [3.05, 3.63) is 88.9 Å². The van der Waals surface area contributed by atoms with Gasteiger partial charge in [0.25, 0.3) is 11.8 Å². The fraction of sp³-hybridized carbons (Fsp3) is 0.500. The molecule has 1 aliphatic heterocycles. The van der Waals surface area contributed by atoms with Crippen LogP contribution >= 0.6 is 15.9 Å². The Hall–Kier alpha value is -5.32. The number of ether oxygens (including phenoxy) is 4. The highest BCUT2D eigenvalue weighted by atomic mass is 79.9. The molecule has 1 aliphatic rings. The van der Waals surface area contributed by atoms with Gasteiger partial charge < -0.3 is 28.3 Å². The van der Waals surface area contributed by atoms with Crippen LogP contribution in [0.15, 0.2) is 65.7 Å². The van der Waals surface area contributed by atoms with Gasteiger partial charge in [-0.05, 0) is 122 Å². The summed E-state index contributed by atoms with van der Waals surface area (Å²) >= 11 is 3.21. The Morgan fingerprint density at radius 1 is 0.583 bits per heavy atom. The van der Waals surface area contributed by atoms with Crippen molar-refractivity contribution in [2.24, 2.45) is 0 Å². The van der Waals surface area contributed by atoms with E-state index in [2.05, 4.69) is 65.2 Å². The van der Waals surface area contributed by atoms with Crippen molar-refractivity contribution in [1.82, 2.24) is 39.2 Å². The summed E-state index contributed by atoms with van der Waals surface area (Å²) in [5.41, 5.74) is -0.168. The lowest BCUT2D eigenvalue weighted by atomic mass is 9.80. The van der Waals surface area contributed by atoms with Gasteiger partial charge in [-0.3, -0.25) is 8.80 Å². The number of aromatic nitrogens is 8. The number of fused-ring (bicyclic) bond motifs is 2. The van der Waals surface area contributed by atoms with Crippen LogP contribution in [-0.2, 0) is 31.0 Å². The minimum Gasteiger partial charge on any atom is -0.463 e. The van der Waals surface area contributed by atoms with Crippen molar-refractivity contribution < 1.29 is 80.9 Å². The van der Waals surface area contributed by atoms with E-state index in [0.29, 0.717) is 10.1 Å². The highest BCUT2D eigenvalue weighted by Crippen LogP contribution is 2.37. The molecule has 2 atom stereocenters. The Balaban J connectivity index is 0.000000292. The fourth-order valence-corrected chi connectivity index (χ4v) is 6.13. The van der Waals surface area contributed by atoms with Crippen molar-refractivity contribution in [2.75, 3.05) is 0 Å². The third kappa shape index (κ3) is 14.7. The molecule has 398 valence electrons. The normalized spacial score (nSPS) is 15.5. The summed E-state index contributed by atoms with van der Waals surface area (Å²) in [6.07, 6.45) is -17.4. The minimum absolute atomic E-state index is 0. The first kappa shape index (κ1) is 61.0. The van der Waals surface area contributed by atoms with E-state index in [1.807, 2.05) is 27.7 Å². The standard InChI is InChI=1S/C18H16F6N4O2.C14H18BF4NO3.C10H10BrF2N3O.2CH4/c1-9(2)30-18(23,24)16-27-26-14-5-4-11(8-28(14)16)12-6-13(19)15(25-7-12)29-10(3)17(20,21)22;1-8(14(17,18)19)21-11-10(16)6-9(7-20-11)15-22-12(2,3)13(4,5)23-15;1-6(2)17-10(12,13)9-15-14-8-4-3-7(11)5-16(8)9;;/h4-10H,1-3H3;6-8H,1-5H3;3-6H,1-2H3;2*1H4/t10-;8-;;;/m11.../s1. The SMILES string of the molecule is C.C.CC(C)OC(F)(F)c1nnc2ccc(-c3cnc(O[C@H](C)C(F)(F)F)c(F)c3)cn12.CC(C)OC(F)(F)c1nnc2ccc(Br)cn12.C[C@@H](Oc1ncc(B2OC(C)(C)C(C)(C)O2)cc1F)C(F)(F)F. The van der Waals surface area contributed by atoms with Crippen LogP contribution in [-0.4, -0.2) is 94.3 Å². The molecular weight excluding hydrogens is 1060 g/mol. The molecule has 28 heteroatoms. The van der Waals surface area contributed by atoms with Gasteiger partial charge in [0.2, 0.25) is 11.6 Å². The zero-order chi connectivity index (χ0) is 52.5. The van der Waals surface area contributed by atoms with Crippen molar-refractivity contribution in [3.63, 3.8) is 0 Å². The first-order chi connectivity index (χ1) is 32.1. The summed E-state index contributed by atoms with van der Waals surface area (Å²) in [6.45, 7) is 14.8. The van der Waals surface area contributed by atoms with Crippen molar-refractivity contribution in [3.8, 4) is 22.9 Å². The van der Waals surface area contributed by atoms with Crippen molar-refractivity contribution in [2.45, 2.75) is 144 Å². The molecular formula is C44H52BBrF12N8O6. The van der Waals surface area contributed by atoms with Crippen LogP contribution in [0.3, 0.4) is 0 Å². The van der Waals surface area contributed by atoms with Crippen LogP contribution < -0.4 is 14.9 Å². The lowest BCUT2D eigenvalue weighted by Crippen LogP contribution is -2.41. The number of hydrogen-bond donors (Lipinski definition) is 0. The molecule has 0 spiro atoms. The highest BCUT2D eigenvalue weighted by molar-refractivity contribution is 9.10. The molecule has 1 saturated heterocycles. The van der Waals surface area contributed by atoms with Crippen LogP contribution in [0.25, 0.3) is 22.4 Å². The second kappa shape index (κ2) is 22.8. The smallest absolute Gasteiger partial charge is 0.463 e. The third-order valence-electron chi connectivity index (χ3n) is 10.1. The lowest BCUT2D eigenvalue weighted by molar-refractivity contribution is -0.272. The molecule has 0 aliphatic carbocycles. The number of nitrogens with zero attached hydrogens (tertiary/aromatic N) is 8. The Morgan fingerprint density at radius 3 is 1.42 bits per heavy atom. The average Bonchev–Trinajstić information content (AvgIpc) is 3.91. The number of pyridine rings is 4. The van der Waals surface area contributed by atoms with Gasteiger partial charge >= 0.3 is 31.7 Å². The van der Waals surface area contributed by atoms with Gasteiger partial charge in [0.15, 0.2) is 35.1 Å². The number of rotatable bonds is 12. The molecule has 0 N–H and O–H groups in total. The highest BCUT2D eigenvalue weighted by Gasteiger charge is 2.52. The molecule has 0 saturated carbocycles. The van der Waals surface area contributed by atoms with E-state index >= 15 is 0 Å². The molecule has 6 aromatic heterocycles. The Labute approximate surface area is 415 Å². The summed E-state index contributed by atoms with van der Waals surface area (Å²) < 4.78 is 192. The largest absolute Gasteiger partial charge is 0.496 e. The molecule has 0 bridgehead atoms. The molecule has 14 nitrogen and oxygen atoms in total. The second-order valence-electron chi connectivity index (χ2n) is 16.9. The first-order valence-electron chi connectivity index (χ1n) is 20.7. The van der Waals surface area contributed by atoms with Gasteiger partial charge in [0.1, 0.15) is 0 Å². The quantitative estimate of drug-likeness (QED) is 0.0850. The van der Waals surface area contributed by atoms with Gasteiger partial charge in [-0.1, -0.05) is 14.9 Å². The number of halogens is 13. The number of alkyl halides is 10. The predicted molar refractivity (Wildman–Crippen MR) is 243 cm³/mol. The van der Waals surface area contributed by atoms with Gasteiger partial charge in [0, 0.05) is 45.8 Å². The van der Waals surface area contributed by atoms with Gasteiger partial charge in [-0.15, -0.1) is 20.4 Å². The molecule has 0 aromatic carbocycles. The predicted octanol–water partition coefficient (Wildman–Crippen LogP) is 11.8. The summed E-state index contributed by atoms with van der Waals surface area (Å²) in [4.78, 5) is 7.19.